The second-order valence-electron chi connectivity index (χ2n) is 9.18. The van der Waals surface area contributed by atoms with E-state index in [-0.39, 0.29) is 12.1 Å². The molecular weight excluding hydrogens is 462 g/mol. The Balaban J connectivity index is 1.49. The van der Waals surface area contributed by atoms with Gasteiger partial charge in [-0.15, -0.1) is 11.3 Å². The third-order valence-electron chi connectivity index (χ3n) is 6.93. The number of aryl methyl sites for hydroxylation is 2. The molecule has 0 spiro atoms. The van der Waals surface area contributed by atoms with Gasteiger partial charge in [0.05, 0.1) is 18.3 Å². The average molecular weight is 488 g/mol. The summed E-state index contributed by atoms with van der Waals surface area (Å²) >= 11 is 8.12. The lowest BCUT2D eigenvalue weighted by Crippen LogP contribution is -2.38. The largest absolute Gasteiger partial charge is 0.322 e. The van der Waals surface area contributed by atoms with Gasteiger partial charge in [0.15, 0.2) is 0 Å². The Bertz CT molecular complexity index is 1350. The molecule has 2 aromatic heterocycles. The Morgan fingerprint density at radius 3 is 2.56 bits per heavy atom. The van der Waals surface area contributed by atoms with E-state index in [1.165, 1.54) is 39.4 Å². The number of fused-ring (bicyclic) bond motifs is 5. The topological polar surface area (TPSA) is 37.3 Å². The van der Waals surface area contributed by atoms with E-state index in [0.29, 0.717) is 11.6 Å². The van der Waals surface area contributed by atoms with Crippen molar-refractivity contribution in [1.29, 1.82) is 0 Å². The van der Waals surface area contributed by atoms with Gasteiger partial charge in [-0.25, -0.2) is 4.79 Å². The highest BCUT2D eigenvalue weighted by Gasteiger charge is 2.36. The molecule has 0 saturated heterocycles. The van der Waals surface area contributed by atoms with Gasteiger partial charge in [-0.05, 0) is 80.1 Å². The van der Waals surface area contributed by atoms with E-state index in [0.717, 1.165) is 29.8 Å². The van der Waals surface area contributed by atoms with Crippen LogP contribution in [-0.4, -0.2) is 15.5 Å². The first kappa shape index (κ1) is 21.5. The Morgan fingerprint density at radius 1 is 1.00 bits per heavy atom. The second kappa shape index (κ2) is 8.64. The Labute approximate surface area is 208 Å². The maximum absolute atomic E-state index is 13.9. The molecule has 34 heavy (non-hydrogen) atoms. The van der Waals surface area contributed by atoms with Crippen LogP contribution in [0.15, 0.2) is 66.9 Å². The molecule has 1 aliphatic heterocycles. The normalized spacial score (nSPS) is 16.9. The highest BCUT2D eigenvalue weighted by atomic mass is 35.5. The van der Waals surface area contributed by atoms with Crippen LogP contribution in [0.1, 0.15) is 51.7 Å². The van der Waals surface area contributed by atoms with Crippen molar-refractivity contribution >= 4 is 34.7 Å². The molecule has 2 amide bonds. The van der Waals surface area contributed by atoms with E-state index in [2.05, 4.69) is 28.2 Å². The van der Waals surface area contributed by atoms with Gasteiger partial charge in [-0.3, -0.25) is 0 Å². The van der Waals surface area contributed by atoms with Crippen molar-refractivity contribution in [3.63, 3.8) is 0 Å². The lowest BCUT2D eigenvalue weighted by Gasteiger charge is -2.31. The summed E-state index contributed by atoms with van der Waals surface area (Å²) in [4.78, 5) is 17.3. The van der Waals surface area contributed by atoms with Crippen LogP contribution in [0.5, 0.6) is 0 Å². The van der Waals surface area contributed by atoms with Crippen molar-refractivity contribution in [2.75, 3.05) is 5.32 Å². The first-order valence-corrected chi connectivity index (χ1v) is 13.0. The highest BCUT2D eigenvalue weighted by molar-refractivity contribution is 7.15. The molecule has 0 radical (unpaired) electrons. The number of hydrogen-bond donors (Lipinski definition) is 1. The molecule has 1 aliphatic carbocycles. The Kier molecular flexibility index (Phi) is 5.47. The van der Waals surface area contributed by atoms with Gasteiger partial charge in [0, 0.05) is 27.3 Å². The van der Waals surface area contributed by atoms with E-state index in [1.54, 1.807) is 0 Å². The molecule has 6 rings (SSSR count). The van der Waals surface area contributed by atoms with E-state index < -0.39 is 0 Å². The minimum Gasteiger partial charge on any atom is -0.310 e. The summed E-state index contributed by atoms with van der Waals surface area (Å²) in [7, 11) is 0. The maximum atomic E-state index is 13.9. The van der Waals surface area contributed by atoms with Crippen LogP contribution in [-0.2, 0) is 19.4 Å². The van der Waals surface area contributed by atoms with E-state index in [1.807, 2.05) is 71.7 Å². The molecule has 3 heterocycles. The lowest BCUT2D eigenvalue weighted by molar-refractivity contribution is 0.194. The highest BCUT2D eigenvalue weighted by Crippen LogP contribution is 2.44. The first-order chi connectivity index (χ1) is 16.6. The summed E-state index contributed by atoms with van der Waals surface area (Å²) in [5.41, 5.74) is 6.87. The summed E-state index contributed by atoms with van der Waals surface area (Å²) < 4.78 is 2.30. The smallest absolute Gasteiger partial charge is 0.310 e. The third kappa shape index (κ3) is 3.73. The van der Waals surface area contributed by atoms with Crippen LogP contribution in [0.25, 0.3) is 5.00 Å². The number of hydrogen-bond acceptors (Lipinski definition) is 2. The van der Waals surface area contributed by atoms with Crippen molar-refractivity contribution in [2.45, 2.75) is 45.2 Å². The zero-order chi connectivity index (χ0) is 23.2. The Morgan fingerprint density at radius 2 is 1.76 bits per heavy atom. The van der Waals surface area contributed by atoms with Gasteiger partial charge in [0.1, 0.15) is 5.00 Å². The van der Waals surface area contributed by atoms with Crippen LogP contribution in [0.3, 0.4) is 0 Å². The zero-order valence-corrected chi connectivity index (χ0v) is 20.6. The fourth-order valence-electron chi connectivity index (χ4n) is 5.21. The number of anilines is 1. The molecule has 2 aromatic carbocycles. The van der Waals surface area contributed by atoms with Crippen molar-refractivity contribution in [1.82, 2.24) is 9.47 Å². The minimum absolute atomic E-state index is 0.0971. The monoisotopic (exact) mass is 487 g/mol. The number of urea groups is 1. The maximum Gasteiger partial charge on any atom is 0.322 e. The van der Waals surface area contributed by atoms with Gasteiger partial charge in [0.2, 0.25) is 0 Å². The number of nitrogens with zero attached hydrogens (tertiary/aromatic N) is 2. The molecule has 1 atom stereocenters. The van der Waals surface area contributed by atoms with Crippen LogP contribution in [0.4, 0.5) is 10.5 Å². The molecule has 4 aromatic rings. The van der Waals surface area contributed by atoms with Crippen molar-refractivity contribution < 1.29 is 4.79 Å². The van der Waals surface area contributed by atoms with Crippen molar-refractivity contribution in [2.24, 2.45) is 0 Å². The summed E-state index contributed by atoms with van der Waals surface area (Å²) in [6.45, 7) is 2.63. The van der Waals surface area contributed by atoms with Crippen LogP contribution in [0.2, 0.25) is 5.02 Å². The second-order valence-corrected chi connectivity index (χ2v) is 10.7. The number of aromatic nitrogens is 1. The van der Waals surface area contributed by atoms with Gasteiger partial charge in [-0.2, -0.15) is 0 Å². The van der Waals surface area contributed by atoms with Gasteiger partial charge in [-0.1, -0.05) is 41.4 Å². The minimum atomic E-state index is -0.225. The summed E-state index contributed by atoms with van der Waals surface area (Å²) in [6, 6.07) is 19.7. The number of nitrogens with one attached hydrogen (secondary N) is 1. The molecule has 4 nitrogen and oxygen atoms in total. The van der Waals surface area contributed by atoms with Crippen molar-refractivity contribution in [3.8, 4) is 5.00 Å². The van der Waals surface area contributed by atoms with Gasteiger partial charge >= 0.3 is 6.03 Å². The molecule has 0 bridgehead atoms. The molecular formula is C28H26ClN3OS. The number of rotatable bonds is 2. The number of carbonyl (C=O) groups is 1. The van der Waals surface area contributed by atoms with Gasteiger partial charge < -0.3 is 14.8 Å². The molecule has 172 valence electrons. The standard InChI is InChI=1S/C28H26ClN3OS/c1-18-8-14-21(15-9-18)30-28(33)32-17-23-22-5-2-3-7-25(22)34-27(23)31-16-4-6-24(31)26(32)19-10-12-20(29)13-11-19/h4,6,8-16,26H,2-3,5,7,17H2,1H3,(H,30,33)/t26-/m1/s1. The Hall–Kier alpha value is -3.02. The third-order valence-corrected chi connectivity index (χ3v) is 8.51. The molecule has 6 heteroatoms. The summed E-state index contributed by atoms with van der Waals surface area (Å²) in [5.74, 6) is 0. The fraction of sp³-hybridized carbons (Fsp3) is 0.250. The predicted octanol–water partition coefficient (Wildman–Crippen LogP) is 7.52. The number of thiophene rings is 1. The molecule has 2 aliphatic rings. The predicted molar refractivity (Wildman–Crippen MR) is 139 cm³/mol. The quantitative estimate of drug-likeness (QED) is 0.312. The number of amides is 2. The van der Waals surface area contributed by atoms with E-state index in [4.69, 9.17) is 11.6 Å². The average Bonchev–Trinajstić information content (AvgIpc) is 3.43. The molecule has 1 N–H and O–H groups in total. The number of carbonyl (C=O) groups excluding carboxylic acids is 1. The van der Waals surface area contributed by atoms with E-state index in [9.17, 15) is 4.79 Å². The first-order valence-electron chi connectivity index (χ1n) is 11.8. The summed E-state index contributed by atoms with van der Waals surface area (Å²) in [6.07, 6.45) is 6.83. The lowest BCUT2D eigenvalue weighted by atomic mass is 9.95. The fourth-order valence-corrected chi connectivity index (χ4v) is 6.74. The zero-order valence-electron chi connectivity index (χ0n) is 19.1. The molecule has 0 unspecified atom stereocenters. The summed E-state index contributed by atoms with van der Waals surface area (Å²) in [5, 5.41) is 5.11. The molecule has 0 saturated carbocycles. The van der Waals surface area contributed by atoms with Crippen molar-refractivity contribution in [3.05, 3.63) is 105 Å². The van der Waals surface area contributed by atoms with Crippen LogP contribution < -0.4 is 5.32 Å². The van der Waals surface area contributed by atoms with Gasteiger partial charge in [0.25, 0.3) is 0 Å². The number of benzene rings is 2. The van der Waals surface area contributed by atoms with Crippen LogP contribution >= 0.6 is 22.9 Å². The van der Waals surface area contributed by atoms with Crippen LogP contribution in [0, 0.1) is 6.92 Å². The molecule has 0 fully saturated rings. The number of halogens is 1. The SMILES string of the molecule is Cc1ccc(NC(=O)N2Cc3c(sc4c3CCCC4)-n3cccc3[C@H]2c2ccc(Cl)cc2)cc1. The van der Waals surface area contributed by atoms with E-state index >= 15 is 0 Å².